The molecule has 24 heavy (non-hydrogen) atoms. The van der Waals surface area contributed by atoms with Crippen molar-refractivity contribution < 1.29 is 0 Å². The highest BCUT2D eigenvalue weighted by Gasteiger charge is 2.16. The quantitative estimate of drug-likeness (QED) is 0.507. The van der Waals surface area contributed by atoms with Crippen molar-refractivity contribution in [3.8, 4) is 28.5 Å². The van der Waals surface area contributed by atoms with E-state index in [2.05, 4.69) is 11.1 Å². The number of rotatable bonds is 2. The van der Waals surface area contributed by atoms with E-state index in [1.807, 2.05) is 71.4 Å². The Morgan fingerprint density at radius 3 is 2.50 bits per heavy atom. The number of halogens is 1. The van der Waals surface area contributed by atoms with Gasteiger partial charge in [-0.2, -0.15) is 5.26 Å². The average Bonchev–Trinajstić information content (AvgIpc) is 3.05. The van der Waals surface area contributed by atoms with Crippen LogP contribution in [0.15, 0.2) is 73.1 Å². The molecule has 2 aromatic heterocycles. The van der Waals surface area contributed by atoms with E-state index < -0.39 is 0 Å². The fraction of sp³-hybridized carbons (Fsp3) is 0. The van der Waals surface area contributed by atoms with E-state index in [1.54, 1.807) is 6.07 Å². The van der Waals surface area contributed by atoms with Crippen molar-refractivity contribution in [1.82, 2.24) is 9.38 Å². The lowest BCUT2D eigenvalue weighted by atomic mass is 9.93. The van der Waals surface area contributed by atoms with Gasteiger partial charge < -0.3 is 4.40 Å². The van der Waals surface area contributed by atoms with Crippen LogP contribution in [0, 0.1) is 11.3 Å². The lowest BCUT2D eigenvalue weighted by molar-refractivity contribution is 1.19. The zero-order valence-corrected chi connectivity index (χ0v) is 13.4. The van der Waals surface area contributed by atoms with Gasteiger partial charge in [-0.3, -0.25) is 0 Å². The third-order valence-corrected chi connectivity index (χ3v) is 4.30. The summed E-state index contributed by atoms with van der Waals surface area (Å²) >= 11 is 6.39. The number of hydrogen-bond donors (Lipinski definition) is 0. The maximum Gasteiger partial charge on any atom is 0.137 e. The average molecular weight is 330 g/mol. The first-order chi connectivity index (χ1) is 11.8. The van der Waals surface area contributed by atoms with Crippen molar-refractivity contribution in [2.24, 2.45) is 0 Å². The largest absolute Gasteiger partial charge is 0.306 e. The Hall–Kier alpha value is -3.09. The van der Waals surface area contributed by atoms with Crippen molar-refractivity contribution in [2.75, 3.05) is 0 Å². The van der Waals surface area contributed by atoms with Crippen LogP contribution in [0.1, 0.15) is 5.56 Å². The highest BCUT2D eigenvalue weighted by molar-refractivity contribution is 6.33. The lowest BCUT2D eigenvalue weighted by Crippen LogP contribution is -1.91. The predicted octanol–water partition coefficient (Wildman–Crippen LogP) is 5.19. The van der Waals surface area contributed by atoms with E-state index in [1.165, 1.54) is 0 Å². The number of aromatic nitrogens is 2. The van der Waals surface area contributed by atoms with Crippen molar-refractivity contribution in [2.45, 2.75) is 0 Å². The second-order valence-corrected chi connectivity index (χ2v) is 5.82. The predicted molar refractivity (Wildman–Crippen MR) is 95.8 cm³/mol. The topological polar surface area (TPSA) is 41.1 Å². The maximum absolute atomic E-state index is 9.56. The number of fused-ring (bicyclic) bond motifs is 1. The van der Waals surface area contributed by atoms with Gasteiger partial charge in [0.15, 0.2) is 0 Å². The molecule has 0 unspecified atom stereocenters. The smallest absolute Gasteiger partial charge is 0.137 e. The van der Waals surface area contributed by atoms with Gasteiger partial charge in [-0.05, 0) is 24.3 Å². The van der Waals surface area contributed by atoms with Crippen LogP contribution < -0.4 is 0 Å². The van der Waals surface area contributed by atoms with Crippen LogP contribution in [-0.2, 0) is 0 Å². The van der Waals surface area contributed by atoms with Crippen molar-refractivity contribution in [1.29, 1.82) is 5.26 Å². The van der Waals surface area contributed by atoms with Crippen molar-refractivity contribution in [3.63, 3.8) is 0 Å². The molecule has 4 aromatic rings. The molecule has 0 saturated heterocycles. The van der Waals surface area contributed by atoms with E-state index >= 15 is 0 Å². The number of pyridine rings is 1. The highest BCUT2D eigenvalue weighted by Crippen LogP contribution is 2.37. The van der Waals surface area contributed by atoms with Gasteiger partial charge in [-0.1, -0.05) is 48.0 Å². The minimum Gasteiger partial charge on any atom is -0.306 e. The molecule has 4 rings (SSSR count). The zero-order valence-electron chi connectivity index (χ0n) is 12.6. The Morgan fingerprint density at radius 2 is 1.71 bits per heavy atom. The summed E-state index contributed by atoms with van der Waals surface area (Å²) in [6.45, 7) is 0. The van der Waals surface area contributed by atoms with Gasteiger partial charge in [-0.15, -0.1) is 0 Å². The number of hydrogen-bond acceptors (Lipinski definition) is 2. The lowest BCUT2D eigenvalue weighted by Gasteiger charge is -2.11. The van der Waals surface area contributed by atoms with Crippen LogP contribution in [0.5, 0.6) is 0 Å². The number of nitriles is 1. The molecule has 0 aliphatic carbocycles. The molecule has 0 spiro atoms. The molecule has 2 aromatic carbocycles. The van der Waals surface area contributed by atoms with Crippen LogP contribution >= 0.6 is 11.6 Å². The Kier molecular flexibility index (Phi) is 3.53. The van der Waals surface area contributed by atoms with E-state index in [9.17, 15) is 5.26 Å². The third-order valence-electron chi connectivity index (χ3n) is 3.97. The van der Waals surface area contributed by atoms with Gasteiger partial charge >= 0.3 is 0 Å². The first-order valence-corrected chi connectivity index (χ1v) is 7.88. The molecule has 0 N–H and O–H groups in total. The summed E-state index contributed by atoms with van der Waals surface area (Å²) in [7, 11) is 0. The molecule has 0 amide bonds. The Labute approximate surface area is 144 Å². The fourth-order valence-electron chi connectivity index (χ4n) is 2.88. The summed E-state index contributed by atoms with van der Waals surface area (Å²) in [5.74, 6) is 0. The monoisotopic (exact) mass is 329 g/mol. The number of benzene rings is 2. The van der Waals surface area contributed by atoms with E-state index in [4.69, 9.17) is 11.6 Å². The van der Waals surface area contributed by atoms with Crippen LogP contribution in [0.4, 0.5) is 0 Å². The van der Waals surface area contributed by atoms with Gasteiger partial charge in [-0.25, -0.2) is 4.98 Å². The van der Waals surface area contributed by atoms with Crippen LogP contribution in [0.3, 0.4) is 0 Å². The summed E-state index contributed by atoms with van der Waals surface area (Å²) in [4.78, 5) is 4.68. The highest BCUT2D eigenvalue weighted by atomic mass is 35.5. The molecule has 0 atom stereocenters. The minimum atomic E-state index is 0.581. The molecule has 114 valence electrons. The first-order valence-electron chi connectivity index (χ1n) is 7.50. The normalized spacial score (nSPS) is 10.7. The molecule has 3 nitrogen and oxygen atoms in total. The van der Waals surface area contributed by atoms with Crippen molar-refractivity contribution >= 4 is 17.2 Å². The van der Waals surface area contributed by atoms with Crippen molar-refractivity contribution in [3.05, 3.63) is 83.6 Å². The SMILES string of the molecule is N#Cc1cccc(-c2cn3ccccc3n2)c1-c1ccccc1Cl. The molecule has 2 heterocycles. The minimum absolute atomic E-state index is 0.581. The molecule has 0 saturated carbocycles. The molecule has 0 radical (unpaired) electrons. The van der Waals surface area contributed by atoms with Gasteiger partial charge in [0, 0.05) is 34.1 Å². The number of imidazole rings is 1. The fourth-order valence-corrected chi connectivity index (χ4v) is 3.11. The van der Waals surface area contributed by atoms with Gasteiger partial charge in [0.25, 0.3) is 0 Å². The summed E-state index contributed by atoms with van der Waals surface area (Å²) in [5, 5.41) is 10.2. The maximum atomic E-state index is 9.56. The summed E-state index contributed by atoms with van der Waals surface area (Å²) in [6.07, 6.45) is 3.92. The second-order valence-electron chi connectivity index (χ2n) is 5.41. The van der Waals surface area contributed by atoms with Crippen LogP contribution in [0.2, 0.25) is 5.02 Å². The molecule has 4 heteroatoms. The molecular formula is C20H12ClN3. The Bertz CT molecular complexity index is 1060. The summed E-state index contributed by atoms with van der Waals surface area (Å²) in [6, 6.07) is 21.3. The van der Waals surface area contributed by atoms with Gasteiger partial charge in [0.05, 0.1) is 17.3 Å². The molecular weight excluding hydrogens is 318 g/mol. The molecule has 0 bridgehead atoms. The Morgan fingerprint density at radius 1 is 0.917 bits per heavy atom. The third kappa shape index (κ3) is 2.34. The zero-order chi connectivity index (χ0) is 16.5. The standard InChI is InChI=1S/C20H12ClN3/c21-17-9-2-1-7-15(17)20-14(12-22)6-5-8-16(20)18-13-24-11-4-3-10-19(24)23-18/h1-11,13H. The van der Waals surface area contributed by atoms with Gasteiger partial charge in [0.1, 0.15) is 5.65 Å². The van der Waals surface area contributed by atoms with E-state index in [0.717, 1.165) is 28.0 Å². The van der Waals surface area contributed by atoms with E-state index in [-0.39, 0.29) is 0 Å². The van der Waals surface area contributed by atoms with E-state index in [0.29, 0.717) is 10.6 Å². The Balaban J connectivity index is 2.03. The van der Waals surface area contributed by atoms with Crippen LogP contribution in [0.25, 0.3) is 28.0 Å². The van der Waals surface area contributed by atoms with Gasteiger partial charge in [0.2, 0.25) is 0 Å². The summed E-state index contributed by atoms with van der Waals surface area (Å²) < 4.78 is 1.96. The van der Waals surface area contributed by atoms with Crippen LogP contribution in [-0.4, -0.2) is 9.38 Å². The molecule has 0 fully saturated rings. The summed E-state index contributed by atoms with van der Waals surface area (Å²) in [5.41, 5.74) is 4.80. The molecule has 0 aliphatic rings. The second kappa shape index (κ2) is 5.84. The molecule has 0 aliphatic heterocycles. The number of nitrogens with zero attached hydrogens (tertiary/aromatic N) is 3. The first kappa shape index (κ1) is 14.5.